The molecule has 0 spiro atoms. The fraction of sp³-hybridized carbons (Fsp3) is 0.222. The molecule has 0 bridgehead atoms. The molecule has 0 aliphatic carbocycles. The first-order valence-electron chi connectivity index (χ1n) is 11.2. The second-order valence-electron chi connectivity index (χ2n) is 8.60. The Morgan fingerprint density at radius 2 is 1.73 bits per heavy atom. The SMILES string of the molecule is Cc1ccc(-n2c(C)cc(C3C(c4ccccn4)NC(=S)N3Cc3ccccc3)c2C)nc1. The second-order valence-corrected chi connectivity index (χ2v) is 8.98. The molecule has 3 aromatic heterocycles. The lowest BCUT2D eigenvalue weighted by molar-refractivity contribution is 0.310. The molecule has 0 amide bonds. The average Bonchev–Trinajstić information content (AvgIpc) is 3.31. The molecular formula is C27H27N5S. The third kappa shape index (κ3) is 4.02. The van der Waals surface area contributed by atoms with Gasteiger partial charge in [-0.2, -0.15) is 0 Å². The number of aryl methyl sites for hydroxylation is 2. The summed E-state index contributed by atoms with van der Waals surface area (Å²) in [7, 11) is 0. The van der Waals surface area contributed by atoms with E-state index in [0.717, 1.165) is 34.4 Å². The van der Waals surface area contributed by atoms with Gasteiger partial charge in [0.15, 0.2) is 5.11 Å². The highest BCUT2D eigenvalue weighted by molar-refractivity contribution is 7.80. The average molecular weight is 454 g/mol. The summed E-state index contributed by atoms with van der Waals surface area (Å²) in [5, 5.41) is 4.31. The number of rotatable bonds is 5. The summed E-state index contributed by atoms with van der Waals surface area (Å²) >= 11 is 5.85. The summed E-state index contributed by atoms with van der Waals surface area (Å²) < 4.78 is 2.23. The summed E-state index contributed by atoms with van der Waals surface area (Å²) in [6.07, 6.45) is 3.76. The summed E-state index contributed by atoms with van der Waals surface area (Å²) in [5.41, 5.74) is 6.90. The van der Waals surface area contributed by atoms with E-state index in [1.54, 1.807) is 0 Å². The van der Waals surface area contributed by atoms with Gasteiger partial charge in [-0.1, -0.05) is 42.5 Å². The first-order valence-corrected chi connectivity index (χ1v) is 11.6. The first kappa shape index (κ1) is 21.3. The molecule has 1 N–H and O–H groups in total. The normalized spacial score (nSPS) is 17.9. The van der Waals surface area contributed by atoms with E-state index >= 15 is 0 Å². The topological polar surface area (TPSA) is 46.0 Å². The molecular weight excluding hydrogens is 426 g/mol. The Labute approximate surface area is 200 Å². The smallest absolute Gasteiger partial charge is 0.170 e. The molecule has 6 heteroatoms. The lowest BCUT2D eigenvalue weighted by Crippen LogP contribution is -2.29. The van der Waals surface area contributed by atoms with Crippen LogP contribution in [0.1, 0.15) is 45.9 Å². The minimum absolute atomic E-state index is 0.0120. The molecule has 1 aromatic carbocycles. The van der Waals surface area contributed by atoms with E-state index in [2.05, 4.69) is 94.1 Å². The molecule has 33 heavy (non-hydrogen) atoms. The van der Waals surface area contributed by atoms with Crippen LogP contribution in [0.4, 0.5) is 0 Å². The number of benzene rings is 1. The molecule has 166 valence electrons. The summed E-state index contributed by atoms with van der Waals surface area (Å²) in [6, 6.07) is 22.9. The van der Waals surface area contributed by atoms with Gasteiger partial charge >= 0.3 is 0 Å². The third-order valence-corrected chi connectivity index (χ3v) is 6.66. The van der Waals surface area contributed by atoms with Gasteiger partial charge in [0.25, 0.3) is 0 Å². The molecule has 0 saturated carbocycles. The van der Waals surface area contributed by atoms with Crippen molar-refractivity contribution in [3.63, 3.8) is 0 Å². The molecule has 5 nitrogen and oxygen atoms in total. The standard InChI is InChI=1S/C27H27N5S/c1-18-12-13-24(29-16-18)32-19(2)15-22(20(32)3)26-25(23-11-7-8-14-28-23)30-27(33)31(26)17-21-9-5-4-6-10-21/h4-16,25-26H,17H2,1-3H3,(H,30,33). The monoisotopic (exact) mass is 453 g/mol. The predicted molar refractivity (Wildman–Crippen MR) is 135 cm³/mol. The van der Waals surface area contributed by atoms with E-state index in [1.165, 1.54) is 16.8 Å². The van der Waals surface area contributed by atoms with Crippen LogP contribution in [0.15, 0.2) is 79.1 Å². The number of nitrogens with zero attached hydrogens (tertiary/aromatic N) is 4. The Hall–Kier alpha value is -3.51. The maximum Gasteiger partial charge on any atom is 0.170 e. The zero-order valence-corrected chi connectivity index (χ0v) is 19.9. The van der Waals surface area contributed by atoms with Gasteiger partial charge in [0.1, 0.15) is 5.82 Å². The summed E-state index contributed by atoms with van der Waals surface area (Å²) in [6.45, 7) is 7.09. The molecule has 1 aliphatic rings. The van der Waals surface area contributed by atoms with Crippen LogP contribution in [0.5, 0.6) is 0 Å². The van der Waals surface area contributed by atoms with Crippen molar-refractivity contribution in [1.82, 2.24) is 24.8 Å². The fourth-order valence-corrected chi connectivity index (χ4v) is 5.03. The van der Waals surface area contributed by atoms with Crippen LogP contribution in [0.25, 0.3) is 5.82 Å². The van der Waals surface area contributed by atoms with Crippen molar-refractivity contribution in [2.45, 2.75) is 39.4 Å². The minimum Gasteiger partial charge on any atom is -0.352 e. The van der Waals surface area contributed by atoms with Gasteiger partial charge in [0.2, 0.25) is 0 Å². The molecule has 5 rings (SSSR count). The maximum atomic E-state index is 5.85. The number of aromatic nitrogens is 3. The third-order valence-electron chi connectivity index (χ3n) is 6.31. The number of thiocarbonyl (C=S) groups is 1. The van der Waals surface area contributed by atoms with Gasteiger partial charge in [-0.3, -0.25) is 4.98 Å². The van der Waals surface area contributed by atoms with Crippen molar-refractivity contribution in [3.8, 4) is 5.82 Å². The van der Waals surface area contributed by atoms with E-state index in [4.69, 9.17) is 12.2 Å². The minimum atomic E-state index is -0.0395. The van der Waals surface area contributed by atoms with E-state index in [9.17, 15) is 0 Å². The predicted octanol–water partition coefficient (Wildman–Crippen LogP) is 5.37. The fourth-order valence-electron chi connectivity index (χ4n) is 4.73. The molecule has 1 saturated heterocycles. The van der Waals surface area contributed by atoms with Gasteiger partial charge in [-0.05, 0) is 73.9 Å². The van der Waals surface area contributed by atoms with Gasteiger partial charge in [-0.15, -0.1) is 0 Å². The van der Waals surface area contributed by atoms with Crippen LogP contribution in [-0.2, 0) is 6.54 Å². The van der Waals surface area contributed by atoms with Gasteiger partial charge < -0.3 is 14.8 Å². The summed E-state index contributed by atoms with van der Waals surface area (Å²) in [5.74, 6) is 0.930. The van der Waals surface area contributed by atoms with Crippen LogP contribution in [0.3, 0.4) is 0 Å². The van der Waals surface area contributed by atoms with Crippen LogP contribution in [0.2, 0.25) is 0 Å². The zero-order valence-electron chi connectivity index (χ0n) is 19.1. The number of pyridine rings is 2. The molecule has 0 radical (unpaired) electrons. The number of nitrogens with one attached hydrogen (secondary N) is 1. The van der Waals surface area contributed by atoms with Crippen molar-refractivity contribution in [2.24, 2.45) is 0 Å². The lowest BCUT2D eigenvalue weighted by Gasteiger charge is -2.28. The van der Waals surface area contributed by atoms with Crippen LogP contribution in [0, 0.1) is 20.8 Å². The Morgan fingerprint density at radius 3 is 2.42 bits per heavy atom. The number of hydrogen-bond donors (Lipinski definition) is 1. The van der Waals surface area contributed by atoms with Crippen LogP contribution >= 0.6 is 12.2 Å². The molecule has 2 atom stereocenters. The Morgan fingerprint density at radius 1 is 0.939 bits per heavy atom. The Balaban J connectivity index is 1.61. The van der Waals surface area contributed by atoms with Crippen LogP contribution in [-0.4, -0.2) is 24.5 Å². The van der Waals surface area contributed by atoms with E-state index < -0.39 is 0 Å². The molecule has 1 aliphatic heterocycles. The van der Waals surface area contributed by atoms with Crippen molar-refractivity contribution >= 4 is 17.3 Å². The van der Waals surface area contributed by atoms with Gasteiger partial charge in [0, 0.05) is 30.3 Å². The summed E-state index contributed by atoms with van der Waals surface area (Å²) in [4.78, 5) is 11.6. The van der Waals surface area contributed by atoms with Gasteiger partial charge in [-0.25, -0.2) is 4.98 Å². The van der Waals surface area contributed by atoms with E-state index in [0.29, 0.717) is 0 Å². The lowest BCUT2D eigenvalue weighted by atomic mass is 9.96. The quantitative estimate of drug-likeness (QED) is 0.412. The van der Waals surface area contributed by atoms with Crippen molar-refractivity contribution in [2.75, 3.05) is 0 Å². The van der Waals surface area contributed by atoms with Crippen molar-refractivity contribution in [1.29, 1.82) is 0 Å². The molecule has 2 unspecified atom stereocenters. The first-order chi connectivity index (χ1) is 16.0. The maximum absolute atomic E-state index is 5.85. The molecule has 1 fully saturated rings. The largest absolute Gasteiger partial charge is 0.352 e. The highest BCUT2D eigenvalue weighted by Crippen LogP contribution is 2.42. The highest BCUT2D eigenvalue weighted by Gasteiger charge is 2.41. The zero-order chi connectivity index (χ0) is 22.9. The number of hydrogen-bond acceptors (Lipinski definition) is 3. The van der Waals surface area contributed by atoms with E-state index in [-0.39, 0.29) is 12.1 Å². The Bertz CT molecular complexity index is 1270. The van der Waals surface area contributed by atoms with Crippen LogP contribution < -0.4 is 5.32 Å². The van der Waals surface area contributed by atoms with Crippen molar-refractivity contribution < 1.29 is 0 Å². The van der Waals surface area contributed by atoms with Gasteiger partial charge in [0.05, 0.1) is 17.8 Å². The molecule has 4 aromatic rings. The second kappa shape index (κ2) is 8.79. The van der Waals surface area contributed by atoms with E-state index in [1.807, 2.05) is 30.6 Å². The Kier molecular flexibility index (Phi) is 5.68. The highest BCUT2D eigenvalue weighted by atomic mass is 32.1. The van der Waals surface area contributed by atoms with Crippen molar-refractivity contribution in [3.05, 3.63) is 113 Å². The molecule has 4 heterocycles.